The van der Waals surface area contributed by atoms with Crippen molar-refractivity contribution in [3.8, 4) is 11.3 Å². The summed E-state index contributed by atoms with van der Waals surface area (Å²) in [5, 5.41) is 2.80. The third-order valence-electron chi connectivity index (χ3n) is 3.34. The molecule has 24 heavy (non-hydrogen) atoms. The van der Waals surface area contributed by atoms with E-state index < -0.39 is 6.09 Å². The maximum atomic E-state index is 12.2. The van der Waals surface area contributed by atoms with Crippen LogP contribution in [0.15, 0.2) is 56.6 Å². The van der Waals surface area contributed by atoms with E-state index in [0.717, 1.165) is 0 Å². The van der Waals surface area contributed by atoms with Crippen LogP contribution in [0.25, 0.3) is 22.3 Å². The minimum Gasteiger partial charge on any atom is -0.454 e. The van der Waals surface area contributed by atoms with Gasteiger partial charge in [-0.2, -0.15) is 0 Å². The Labute approximate surface area is 135 Å². The maximum Gasteiger partial charge on any atom is 0.411 e. The maximum absolute atomic E-state index is 12.2. The average molecular weight is 326 g/mol. The van der Waals surface area contributed by atoms with Crippen LogP contribution in [0, 0.1) is 0 Å². The third kappa shape index (κ3) is 3.05. The van der Waals surface area contributed by atoms with Crippen molar-refractivity contribution < 1.29 is 13.9 Å². The fourth-order valence-corrected chi connectivity index (χ4v) is 2.30. The summed E-state index contributed by atoms with van der Waals surface area (Å²) in [5.74, 6) is 0.270. The van der Waals surface area contributed by atoms with Crippen molar-refractivity contribution in [2.24, 2.45) is 0 Å². The fourth-order valence-electron chi connectivity index (χ4n) is 2.30. The van der Waals surface area contributed by atoms with Gasteiger partial charge >= 0.3 is 6.09 Å². The Kier molecular flexibility index (Phi) is 4.15. The zero-order chi connectivity index (χ0) is 17.1. The standard InChI is InChI=1S/C17H14N2O5/c1-2-23-17(22)19-12-6-4-3-5-10(12)14-8-13(20)11-7-16(21)18-9-15(11)24-14/h3-9H,2H2,1H3,(H,18,21)(H,19,22). The molecule has 0 aliphatic carbocycles. The topological polar surface area (TPSA) is 101 Å². The lowest BCUT2D eigenvalue weighted by Gasteiger charge is -2.10. The van der Waals surface area contributed by atoms with E-state index in [1.807, 2.05) is 0 Å². The molecule has 3 rings (SSSR count). The molecule has 2 N–H and O–H groups in total. The Balaban J connectivity index is 2.11. The fraction of sp³-hybridized carbons (Fsp3) is 0.118. The highest BCUT2D eigenvalue weighted by molar-refractivity contribution is 5.91. The summed E-state index contributed by atoms with van der Waals surface area (Å²) in [6.07, 6.45) is 0.738. The molecule has 0 spiro atoms. The Morgan fingerprint density at radius 1 is 1.25 bits per heavy atom. The van der Waals surface area contributed by atoms with Crippen LogP contribution in [0.2, 0.25) is 0 Å². The molecule has 1 amide bonds. The van der Waals surface area contributed by atoms with Crippen molar-refractivity contribution >= 4 is 22.7 Å². The van der Waals surface area contributed by atoms with Gasteiger partial charge in [0.2, 0.25) is 5.56 Å². The summed E-state index contributed by atoms with van der Waals surface area (Å²) in [4.78, 5) is 37.7. The van der Waals surface area contributed by atoms with Crippen molar-refractivity contribution in [3.63, 3.8) is 0 Å². The number of hydrogen-bond acceptors (Lipinski definition) is 5. The quantitative estimate of drug-likeness (QED) is 0.770. The van der Waals surface area contributed by atoms with Crippen LogP contribution in [0.3, 0.4) is 0 Å². The molecule has 0 fully saturated rings. The van der Waals surface area contributed by atoms with Crippen LogP contribution >= 0.6 is 0 Å². The predicted octanol–water partition coefficient (Wildman–Crippen LogP) is 2.72. The molecule has 3 aromatic rings. The number of ether oxygens (including phenoxy) is 1. The molecule has 0 saturated heterocycles. The van der Waals surface area contributed by atoms with Crippen LogP contribution in [0.4, 0.5) is 10.5 Å². The van der Waals surface area contributed by atoms with Gasteiger partial charge in [0.1, 0.15) is 5.76 Å². The first-order chi connectivity index (χ1) is 11.6. The number of para-hydroxylation sites is 1. The van der Waals surface area contributed by atoms with E-state index in [-0.39, 0.29) is 34.3 Å². The molecule has 7 heteroatoms. The third-order valence-corrected chi connectivity index (χ3v) is 3.34. The molecule has 1 aromatic carbocycles. The van der Waals surface area contributed by atoms with Gasteiger partial charge in [-0.15, -0.1) is 0 Å². The molecular formula is C17H14N2O5. The summed E-state index contributed by atoms with van der Waals surface area (Å²) < 4.78 is 10.6. The van der Waals surface area contributed by atoms with Crippen LogP contribution in [0.5, 0.6) is 0 Å². The van der Waals surface area contributed by atoms with E-state index in [0.29, 0.717) is 11.3 Å². The van der Waals surface area contributed by atoms with Crippen molar-refractivity contribution in [3.05, 3.63) is 63.2 Å². The van der Waals surface area contributed by atoms with Crippen molar-refractivity contribution in [2.45, 2.75) is 6.92 Å². The number of fused-ring (bicyclic) bond motifs is 1. The monoisotopic (exact) mass is 326 g/mol. The van der Waals surface area contributed by atoms with E-state index in [1.54, 1.807) is 31.2 Å². The summed E-state index contributed by atoms with van der Waals surface area (Å²) in [7, 11) is 0. The highest BCUT2D eigenvalue weighted by Crippen LogP contribution is 2.28. The van der Waals surface area contributed by atoms with Gasteiger partial charge in [0.15, 0.2) is 11.0 Å². The lowest BCUT2D eigenvalue weighted by molar-refractivity contribution is 0.168. The number of H-pyrrole nitrogens is 1. The number of nitrogens with one attached hydrogen (secondary N) is 2. The van der Waals surface area contributed by atoms with Crippen molar-refractivity contribution in [1.82, 2.24) is 4.98 Å². The zero-order valence-electron chi connectivity index (χ0n) is 12.8. The van der Waals surface area contributed by atoms with Gasteiger partial charge in [-0.1, -0.05) is 12.1 Å². The van der Waals surface area contributed by atoms with Gasteiger partial charge < -0.3 is 14.1 Å². The smallest absolute Gasteiger partial charge is 0.411 e. The highest BCUT2D eigenvalue weighted by atomic mass is 16.5. The van der Waals surface area contributed by atoms with E-state index in [4.69, 9.17) is 9.15 Å². The normalized spacial score (nSPS) is 10.5. The molecular weight excluding hydrogens is 312 g/mol. The number of benzene rings is 1. The van der Waals surface area contributed by atoms with Gasteiger partial charge in [-0.25, -0.2) is 4.79 Å². The van der Waals surface area contributed by atoms with Gasteiger partial charge in [-0.3, -0.25) is 14.9 Å². The SMILES string of the molecule is CCOC(=O)Nc1ccccc1-c1cc(=O)c2cc(=O)[nH]cc2o1. The van der Waals surface area contributed by atoms with Gasteiger partial charge in [-0.05, 0) is 19.1 Å². The molecule has 0 aliphatic heterocycles. The molecule has 2 aromatic heterocycles. The molecule has 0 radical (unpaired) electrons. The van der Waals surface area contributed by atoms with E-state index in [2.05, 4.69) is 10.3 Å². The molecule has 0 atom stereocenters. The highest BCUT2D eigenvalue weighted by Gasteiger charge is 2.13. The van der Waals surface area contributed by atoms with E-state index in [1.165, 1.54) is 18.3 Å². The number of pyridine rings is 1. The summed E-state index contributed by atoms with van der Waals surface area (Å²) in [6.45, 7) is 1.95. The van der Waals surface area contributed by atoms with Crippen LogP contribution in [-0.4, -0.2) is 17.7 Å². The molecule has 122 valence electrons. The summed E-state index contributed by atoms with van der Waals surface area (Å²) in [5.41, 5.74) is 0.497. The second kappa shape index (κ2) is 6.41. The molecule has 0 unspecified atom stereocenters. The Morgan fingerprint density at radius 2 is 2.04 bits per heavy atom. The molecule has 0 aliphatic rings. The summed E-state index contributed by atoms with van der Waals surface area (Å²) >= 11 is 0. The number of anilines is 1. The first-order valence-electron chi connectivity index (χ1n) is 7.28. The second-order valence-electron chi connectivity index (χ2n) is 4.94. The minimum absolute atomic E-state index is 0.193. The van der Waals surface area contributed by atoms with Crippen molar-refractivity contribution in [2.75, 3.05) is 11.9 Å². The zero-order valence-corrected chi connectivity index (χ0v) is 12.8. The number of aromatic amines is 1. The predicted molar refractivity (Wildman–Crippen MR) is 89.2 cm³/mol. The van der Waals surface area contributed by atoms with Crippen LogP contribution in [0.1, 0.15) is 6.92 Å². The van der Waals surface area contributed by atoms with Gasteiger partial charge in [0, 0.05) is 23.9 Å². The van der Waals surface area contributed by atoms with Gasteiger partial charge in [0.25, 0.3) is 0 Å². The molecule has 2 heterocycles. The Hall–Kier alpha value is -3.35. The largest absolute Gasteiger partial charge is 0.454 e. The lowest BCUT2D eigenvalue weighted by Crippen LogP contribution is -2.14. The van der Waals surface area contributed by atoms with E-state index >= 15 is 0 Å². The van der Waals surface area contributed by atoms with Crippen molar-refractivity contribution in [1.29, 1.82) is 0 Å². The Bertz CT molecular complexity index is 1020. The summed E-state index contributed by atoms with van der Waals surface area (Å²) in [6, 6.07) is 9.34. The number of hydrogen-bond donors (Lipinski definition) is 2. The number of carbonyl (C=O) groups excluding carboxylic acids is 1. The second-order valence-corrected chi connectivity index (χ2v) is 4.94. The first kappa shape index (κ1) is 15.5. The van der Waals surface area contributed by atoms with E-state index in [9.17, 15) is 14.4 Å². The minimum atomic E-state index is -0.600. The number of amides is 1. The number of aromatic nitrogens is 1. The molecule has 7 nitrogen and oxygen atoms in total. The average Bonchev–Trinajstić information content (AvgIpc) is 2.56. The molecule has 0 saturated carbocycles. The first-order valence-corrected chi connectivity index (χ1v) is 7.28. The number of carbonyl (C=O) groups is 1. The molecule has 0 bridgehead atoms. The van der Waals surface area contributed by atoms with Crippen LogP contribution < -0.4 is 16.3 Å². The number of rotatable bonds is 3. The Morgan fingerprint density at radius 3 is 2.83 bits per heavy atom. The van der Waals surface area contributed by atoms with Gasteiger partial charge in [0.05, 0.1) is 17.7 Å². The van der Waals surface area contributed by atoms with Crippen LogP contribution in [-0.2, 0) is 4.74 Å². The lowest BCUT2D eigenvalue weighted by atomic mass is 10.1.